The molecule has 2 aromatic carbocycles. The van der Waals surface area contributed by atoms with Crippen molar-refractivity contribution in [3.63, 3.8) is 0 Å². The number of phenolic OH excluding ortho intramolecular Hbond substituents is 1. The third kappa shape index (κ3) is 1.95. The van der Waals surface area contributed by atoms with Gasteiger partial charge in [-0.15, -0.1) is 0 Å². The molecule has 0 saturated carbocycles. The van der Waals surface area contributed by atoms with Crippen LogP contribution >= 0.6 is 0 Å². The van der Waals surface area contributed by atoms with Crippen LogP contribution in [0.2, 0.25) is 0 Å². The van der Waals surface area contributed by atoms with E-state index in [-0.39, 0.29) is 11.6 Å². The molecule has 0 bridgehead atoms. The number of nitrogens with one attached hydrogen (secondary N) is 1. The molecule has 3 aromatic rings. The van der Waals surface area contributed by atoms with Crippen LogP contribution < -0.4 is 0 Å². The summed E-state index contributed by atoms with van der Waals surface area (Å²) in [6, 6.07) is 12.0. The first-order valence-electron chi connectivity index (χ1n) is 5.76. The molecular weight excluding hydrogens is 229 g/mol. The number of fused-ring (bicyclic) bond motifs is 1. The van der Waals surface area contributed by atoms with Crippen LogP contribution in [0.3, 0.4) is 0 Å². The SMILES string of the molecule is Oc1cc(Cc2ccc(F)cc2)cc2[nH]ccc12. The van der Waals surface area contributed by atoms with Crippen LogP contribution in [0.4, 0.5) is 4.39 Å². The molecule has 0 aliphatic heterocycles. The summed E-state index contributed by atoms with van der Waals surface area (Å²) in [6.07, 6.45) is 2.47. The van der Waals surface area contributed by atoms with Gasteiger partial charge in [0, 0.05) is 17.1 Å². The van der Waals surface area contributed by atoms with Crippen molar-refractivity contribution in [2.45, 2.75) is 6.42 Å². The summed E-state index contributed by atoms with van der Waals surface area (Å²) in [6.45, 7) is 0. The van der Waals surface area contributed by atoms with Gasteiger partial charge < -0.3 is 10.1 Å². The van der Waals surface area contributed by atoms with Gasteiger partial charge in [-0.2, -0.15) is 0 Å². The van der Waals surface area contributed by atoms with Gasteiger partial charge in [0.2, 0.25) is 0 Å². The quantitative estimate of drug-likeness (QED) is 0.706. The fourth-order valence-corrected chi connectivity index (χ4v) is 2.15. The Kier molecular flexibility index (Phi) is 2.52. The largest absolute Gasteiger partial charge is 0.507 e. The number of hydrogen-bond acceptors (Lipinski definition) is 1. The molecular formula is C15H12FNO. The molecule has 0 aliphatic carbocycles. The number of H-pyrrole nitrogens is 1. The van der Waals surface area contributed by atoms with Crippen molar-refractivity contribution < 1.29 is 9.50 Å². The molecule has 2 N–H and O–H groups in total. The van der Waals surface area contributed by atoms with Gasteiger partial charge in [0.25, 0.3) is 0 Å². The Labute approximate surface area is 104 Å². The number of hydrogen-bond donors (Lipinski definition) is 2. The molecule has 0 radical (unpaired) electrons. The number of aromatic hydroxyl groups is 1. The fourth-order valence-electron chi connectivity index (χ4n) is 2.15. The molecule has 0 aliphatic rings. The molecule has 0 atom stereocenters. The van der Waals surface area contributed by atoms with Gasteiger partial charge >= 0.3 is 0 Å². The average molecular weight is 241 g/mol. The molecule has 1 heterocycles. The minimum absolute atomic E-state index is 0.235. The van der Waals surface area contributed by atoms with Crippen molar-refractivity contribution in [3.8, 4) is 5.75 Å². The maximum atomic E-state index is 12.8. The molecule has 2 nitrogen and oxygen atoms in total. The highest BCUT2D eigenvalue weighted by Gasteiger charge is 2.04. The van der Waals surface area contributed by atoms with Crippen molar-refractivity contribution in [2.75, 3.05) is 0 Å². The van der Waals surface area contributed by atoms with E-state index in [4.69, 9.17) is 0 Å². The second-order valence-electron chi connectivity index (χ2n) is 4.36. The number of halogens is 1. The van der Waals surface area contributed by atoms with E-state index in [1.807, 2.05) is 12.1 Å². The van der Waals surface area contributed by atoms with E-state index in [1.165, 1.54) is 12.1 Å². The van der Waals surface area contributed by atoms with E-state index in [2.05, 4.69) is 4.98 Å². The van der Waals surface area contributed by atoms with Crippen LogP contribution in [-0.2, 0) is 6.42 Å². The van der Waals surface area contributed by atoms with Crippen molar-refractivity contribution in [1.82, 2.24) is 4.98 Å². The monoisotopic (exact) mass is 241 g/mol. The lowest BCUT2D eigenvalue weighted by molar-refractivity contribution is 0.481. The Hall–Kier alpha value is -2.29. The van der Waals surface area contributed by atoms with Crippen LogP contribution in [0.25, 0.3) is 10.9 Å². The first-order valence-corrected chi connectivity index (χ1v) is 5.76. The first kappa shape index (κ1) is 10.8. The molecule has 1 aromatic heterocycles. The van der Waals surface area contributed by atoms with Gasteiger partial charge in [-0.3, -0.25) is 0 Å². The molecule has 3 heteroatoms. The topological polar surface area (TPSA) is 36.0 Å². The summed E-state index contributed by atoms with van der Waals surface area (Å²) in [7, 11) is 0. The Morgan fingerprint density at radius 1 is 1.00 bits per heavy atom. The molecule has 0 fully saturated rings. The van der Waals surface area contributed by atoms with Gasteiger partial charge in [-0.25, -0.2) is 4.39 Å². The minimum Gasteiger partial charge on any atom is -0.507 e. The second kappa shape index (κ2) is 4.18. The summed E-state index contributed by atoms with van der Waals surface area (Å²) in [4.78, 5) is 3.08. The summed E-state index contributed by atoms with van der Waals surface area (Å²) < 4.78 is 12.8. The van der Waals surface area contributed by atoms with Crippen molar-refractivity contribution in [3.05, 3.63) is 65.6 Å². The highest BCUT2D eigenvalue weighted by atomic mass is 19.1. The zero-order valence-electron chi connectivity index (χ0n) is 9.65. The van der Waals surface area contributed by atoms with Gasteiger partial charge in [0.15, 0.2) is 0 Å². The third-order valence-corrected chi connectivity index (χ3v) is 3.03. The summed E-state index contributed by atoms with van der Waals surface area (Å²) >= 11 is 0. The summed E-state index contributed by atoms with van der Waals surface area (Å²) in [5.74, 6) is 0.0345. The normalized spacial score (nSPS) is 10.9. The van der Waals surface area contributed by atoms with Crippen LogP contribution in [0.15, 0.2) is 48.7 Å². The number of phenols is 1. The van der Waals surface area contributed by atoms with E-state index in [9.17, 15) is 9.50 Å². The van der Waals surface area contributed by atoms with Crippen molar-refractivity contribution in [2.24, 2.45) is 0 Å². The fraction of sp³-hybridized carbons (Fsp3) is 0.0667. The maximum absolute atomic E-state index is 12.8. The predicted octanol–water partition coefficient (Wildman–Crippen LogP) is 3.60. The van der Waals surface area contributed by atoms with Crippen molar-refractivity contribution in [1.29, 1.82) is 0 Å². The van der Waals surface area contributed by atoms with Gasteiger partial charge in [0.05, 0.1) is 0 Å². The highest BCUT2D eigenvalue weighted by Crippen LogP contribution is 2.26. The number of aromatic amines is 1. The zero-order chi connectivity index (χ0) is 12.5. The Balaban J connectivity index is 1.97. The van der Waals surface area contributed by atoms with Crippen LogP contribution in [-0.4, -0.2) is 10.1 Å². The molecule has 90 valence electrons. The predicted molar refractivity (Wildman–Crippen MR) is 69.2 cm³/mol. The lowest BCUT2D eigenvalue weighted by Crippen LogP contribution is -1.88. The Bertz CT molecular complexity index is 685. The second-order valence-corrected chi connectivity index (χ2v) is 4.36. The van der Waals surface area contributed by atoms with E-state index in [0.29, 0.717) is 6.42 Å². The van der Waals surface area contributed by atoms with E-state index < -0.39 is 0 Å². The molecule has 0 saturated heterocycles. The van der Waals surface area contributed by atoms with Crippen molar-refractivity contribution >= 4 is 10.9 Å². The number of aromatic nitrogens is 1. The third-order valence-electron chi connectivity index (χ3n) is 3.03. The molecule has 0 spiro atoms. The summed E-state index contributed by atoms with van der Waals surface area (Å²) in [5, 5.41) is 10.7. The smallest absolute Gasteiger partial charge is 0.125 e. The lowest BCUT2D eigenvalue weighted by atomic mass is 10.0. The standard InChI is InChI=1S/C15H12FNO/c16-12-3-1-10(2-4-12)7-11-8-14-13(5-6-17-14)15(18)9-11/h1-6,8-9,17-18H,7H2. The highest BCUT2D eigenvalue weighted by molar-refractivity contribution is 5.86. The average Bonchev–Trinajstić information content (AvgIpc) is 2.81. The molecule has 18 heavy (non-hydrogen) atoms. The Morgan fingerprint density at radius 2 is 1.78 bits per heavy atom. The van der Waals surface area contributed by atoms with Crippen LogP contribution in [0.5, 0.6) is 5.75 Å². The van der Waals surface area contributed by atoms with E-state index >= 15 is 0 Å². The lowest BCUT2D eigenvalue weighted by Gasteiger charge is -2.04. The Morgan fingerprint density at radius 3 is 2.56 bits per heavy atom. The summed E-state index contributed by atoms with van der Waals surface area (Å²) in [5.41, 5.74) is 2.92. The zero-order valence-corrected chi connectivity index (χ0v) is 9.65. The number of rotatable bonds is 2. The van der Waals surface area contributed by atoms with Gasteiger partial charge in [-0.1, -0.05) is 12.1 Å². The van der Waals surface area contributed by atoms with Gasteiger partial charge in [-0.05, 0) is 47.9 Å². The molecule has 0 amide bonds. The minimum atomic E-state index is -0.235. The van der Waals surface area contributed by atoms with Gasteiger partial charge in [0.1, 0.15) is 11.6 Å². The van der Waals surface area contributed by atoms with E-state index in [1.54, 1.807) is 24.4 Å². The number of benzene rings is 2. The van der Waals surface area contributed by atoms with Crippen LogP contribution in [0.1, 0.15) is 11.1 Å². The van der Waals surface area contributed by atoms with E-state index in [0.717, 1.165) is 22.0 Å². The first-order chi connectivity index (χ1) is 8.72. The molecule has 0 unspecified atom stereocenters. The van der Waals surface area contributed by atoms with Crippen LogP contribution in [0, 0.1) is 5.82 Å². The maximum Gasteiger partial charge on any atom is 0.125 e. The molecule has 3 rings (SSSR count).